The van der Waals surface area contributed by atoms with Gasteiger partial charge in [-0.15, -0.1) is 5.10 Å². The maximum Gasteiger partial charge on any atom is 0.168 e. The Kier molecular flexibility index (Phi) is 2.77. The van der Waals surface area contributed by atoms with E-state index in [2.05, 4.69) is 32.4 Å². The lowest BCUT2D eigenvalue weighted by atomic mass is 10.3. The Morgan fingerprint density at radius 1 is 1.39 bits per heavy atom. The molecule has 2 aromatic rings. The van der Waals surface area contributed by atoms with Gasteiger partial charge in [-0.3, -0.25) is 4.68 Å². The Bertz CT molecular complexity index is 535. The van der Waals surface area contributed by atoms with Gasteiger partial charge in [0, 0.05) is 6.20 Å². The molecule has 1 fully saturated rings. The molecular formula is C12H18N6. The Balaban J connectivity index is 1.75. The summed E-state index contributed by atoms with van der Waals surface area (Å²) in [5, 5.41) is 12.5. The molecule has 2 aromatic heterocycles. The van der Waals surface area contributed by atoms with E-state index < -0.39 is 0 Å². The average Bonchev–Trinajstić information content (AvgIpc) is 3.06. The molecule has 1 aliphatic rings. The van der Waals surface area contributed by atoms with Gasteiger partial charge in [0.2, 0.25) is 0 Å². The minimum atomic E-state index is 0.491. The summed E-state index contributed by atoms with van der Waals surface area (Å²) in [7, 11) is 0. The fourth-order valence-electron chi connectivity index (χ4n) is 2.51. The molecule has 1 saturated carbocycles. The van der Waals surface area contributed by atoms with E-state index in [1.54, 1.807) is 4.68 Å². The monoisotopic (exact) mass is 246 g/mol. The quantitative estimate of drug-likeness (QED) is 0.891. The predicted molar refractivity (Wildman–Crippen MR) is 68.0 cm³/mol. The molecule has 96 valence electrons. The van der Waals surface area contributed by atoms with E-state index >= 15 is 0 Å². The molecule has 0 bridgehead atoms. The van der Waals surface area contributed by atoms with Crippen molar-refractivity contribution in [3.63, 3.8) is 0 Å². The summed E-state index contributed by atoms with van der Waals surface area (Å²) in [5.41, 5.74) is 7.58. The number of hydrogen-bond donors (Lipinski definition) is 1. The molecule has 1 aliphatic carbocycles. The van der Waals surface area contributed by atoms with Crippen LogP contribution in [0.15, 0.2) is 12.3 Å². The van der Waals surface area contributed by atoms with Crippen molar-refractivity contribution in [2.45, 2.75) is 45.2 Å². The van der Waals surface area contributed by atoms with Crippen molar-refractivity contribution in [3.8, 4) is 0 Å². The van der Waals surface area contributed by atoms with Crippen LogP contribution in [0.3, 0.4) is 0 Å². The van der Waals surface area contributed by atoms with E-state index in [-0.39, 0.29) is 0 Å². The van der Waals surface area contributed by atoms with E-state index in [4.69, 9.17) is 5.73 Å². The normalized spacial score (nSPS) is 16.5. The van der Waals surface area contributed by atoms with Gasteiger partial charge in [-0.1, -0.05) is 18.1 Å². The molecule has 0 aromatic carbocycles. The highest BCUT2D eigenvalue weighted by Gasteiger charge is 2.17. The third-order valence-electron chi connectivity index (χ3n) is 3.69. The van der Waals surface area contributed by atoms with Gasteiger partial charge in [-0.05, 0) is 25.8 Å². The third-order valence-corrected chi connectivity index (χ3v) is 3.69. The van der Waals surface area contributed by atoms with Crippen LogP contribution in [0.5, 0.6) is 0 Å². The van der Waals surface area contributed by atoms with Crippen LogP contribution in [0.4, 0.5) is 5.82 Å². The fraction of sp³-hybridized carbons (Fsp3) is 0.583. The van der Waals surface area contributed by atoms with Crippen LogP contribution in [0.1, 0.15) is 43.1 Å². The number of nitrogens with two attached hydrogens (primary N) is 1. The maximum absolute atomic E-state index is 5.68. The van der Waals surface area contributed by atoms with E-state index in [1.807, 2.05) is 6.92 Å². The Morgan fingerprint density at radius 3 is 2.83 bits per heavy atom. The van der Waals surface area contributed by atoms with Gasteiger partial charge in [0.05, 0.1) is 24.0 Å². The molecule has 6 heteroatoms. The highest BCUT2D eigenvalue weighted by atomic mass is 15.4. The van der Waals surface area contributed by atoms with Crippen molar-refractivity contribution >= 4 is 5.82 Å². The minimum Gasteiger partial charge on any atom is -0.381 e. The zero-order valence-corrected chi connectivity index (χ0v) is 10.6. The van der Waals surface area contributed by atoms with Crippen LogP contribution in [-0.2, 0) is 6.54 Å². The van der Waals surface area contributed by atoms with Crippen LogP contribution in [0.2, 0.25) is 0 Å². The van der Waals surface area contributed by atoms with Gasteiger partial charge < -0.3 is 5.73 Å². The van der Waals surface area contributed by atoms with Crippen LogP contribution < -0.4 is 5.73 Å². The van der Waals surface area contributed by atoms with Gasteiger partial charge in [0.25, 0.3) is 0 Å². The molecule has 0 atom stereocenters. The van der Waals surface area contributed by atoms with Gasteiger partial charge in [-0.2, -0.15) is 5.10 Å². The van der Waals surface area contributed by atoms with Crippen LogP contribution in [0, 0.1) is 6.92 Å². The number of rotatable bonds is 3. The van der Waals surface area contributed by atoms with Gasteiger partial charge in [0.1, 0.15) is 0 Å². The molecule has 3 rings (SSSR count). The van der Waals surface area contributed by atoms with Gasteiger partial charge >= 0.3 is 0 Å². The Morgan fingerprint density at radius 2 is 2.17 bits per heavy atom. The predicted octanol–water partition coefficient (Wildman–Crippen LogP) is 1.53. The SMILES string of the molecule is Cc1c(N)nnn1Cc1ccn(C2CCCC2)n1. The second-order valence-corrected chi connectivity index (χ2v) is 4.94. The van der Waals surface area contributed by atoms with Crippen molar-refractivity contribution < 1.29 is 0 Å². The molecule has 2 N–H and O–H groups in total. The zero-order valence-electron chi connectivity index (χ0n) is 10.6. The molecule has 0 saturated heterocycles. The summed E-state index contributed by atoms with van der Waals surface area (Å²) in [6.07, 6.45) is 7.20. The first-order chi connectivity index (χ1) is 8.74. The van der Waals surface area contributed by atoms with Crippen LogP contribution in [0.25, 0.3) is 0 Å². The van der Waals surface area contributed by atoms with Crippen LogP contribution in [-0.4, -0.2) is 24.8 Å². The van der Waals surface area contributed by atoms with Crippen molar-refractivity contribution in [3.05, 3.63) is 23.7 Å². The first-order valence-electron chi connectivity index (χ1n) is 6.43. The highest BCUT2D eigenvalue weighted by Crippen LogP contribution is 2.28. The third kappa shape index (κ3) is 1.98. The molecule has 0 amide bonds. The second kappa shape index (κ2) is 4.44. The minimum absolute atomic E-state index is 0.491. The fourth-order valence-corrected chi connectivity index (χ4v) is 2.51. The standard InChI is InChI=1S/C12H18N6/c1-9-12(13)14-16-18(9)8-10-6-7-17(15-10)11-4-2-3-5-11/h6-7,11H,2-5,8,13H2,1H3. The summed E-state index contributed by atoms with van der Waals surface area (Å²) in [4.78, 5) is 0. The van der Waals surface area contributed by atoms with Gasteiger partial charge in [0.15, 0.2) is 5.82 Å². The maximum atomic E-state index is 5.68. The molecule has 0 unspecified atom stereocenters. The van der Waals surface area contributed by atoms with Gasteiger partial charge in [-0.25, -0.2) is 4.68 Å². The summed E-state index contributed by atoms with van der Waals surface area (Å²) < 4.78 is 3.88. The molecule has 2 heterocycles. The number of nitrogens with zero attached hydrogens (tertiary/aromatic N) is 5. The average molecular weight is 246 g/mol. The summed E-state index contributed by atoms with van der Waals surface area (Å²) >= 11 is 0. The van der Waals surface area contributed by atoms with Crippen LogP contribution >= 0.6 is 0 Å². The molecule has 0 aliphatic heterocycles. The lowest BCUT2D eigenvalue weighted by molar-refractivity contribution is 0.459. The number of hydrogen-bond acceptors (Lipinski definition) is 4. The zero-order chi connectivity index (χ0) is 12.5. The topological polar surface area (TPSA) is 74.5 Å². The summed E-state index contributed by atoms with van der Waals surface area (Å²) in [5.74, 6) is 0.491. The lowest BCUT2D eigenvalue weighted by Crippen LogP contribution is -2.08. The van der Waals surface area contributed by atoms with Crippen molar-refractivity contribution in [1.82, 2.24) is 24.8 Å². The van der Waals surface area contributed by atoms with Crippen molar-refractivity contribution in [1.29, 1.82) is 0 Å². The Hall–Kier alpha value is -1.85. The second-order valence-electron chi connectivity index (χ2n) is 4.94. The smallest absolute Gasteiger partial charge is 0.168 e. The van der Waals surface area contributed by atoms with E-state index in [0.717, 1.165) is 11.4 Å². The first-order valence-corrected chi connectivity index (χ1v) is 6.43. The van der Waals surface area contributed by atoms with Crippen molar-refractivity contribution in [2.75, 3.05) is 5.73 Å². The lowest BCUT2D eigenvalue weighted by Gasteiger charge is -2.08. The number of nitrogen functional groups attached to an aromatic ring is 1. The molecule has 18 heavy (non-hydrogen) atoms. The summed E-state index contributed by atoms with van der Waals surface area (Å²) in [6.45, 7) is 2.55. The van der Waals surface area contributed by atoms with E-state index in [9.17, 15) is 0 Å². The van der Waals surface area contributed by atoms with E-state index in [0.29, 0.717) is 18.4 Å². The first kappa shape index (κ1) is 11.3. The molecule has 6 nitrogen and oxygen atoms in total. The molecule has 0 spiro atoms. The van der Waals surface area contributed by atoms with Crippen molar-refractivity contribution in [2.24, 2.45) is 0 Å². The molecular weight excluding hydrogens is 228 g/mol. The Labute approximate surface area is 106 Å². The summed E-state index contributed by atoms with van der Waals surface area (Å²) in [6, 6.07) is 2.64. The number of anilines is 1. The molecule has 0 radical (unpaired) electrons. The van der Waals surface area contributed by atoms with E-state index in [1.165, 1.54) is 25.7 Å². The number of aromatic nitrogens is 5. The largest absolute Gasteiger partial charge is 0.381 e. The highest BCUT2D eigenvalue weighted by molar-refractivity contribution is 5.31.